The third kappa shape index (κ3) is 3.65. The van der Waals surface area contributed by atoms with Gasteiger partial charge >= 0.3 is 0 Å². The standard InChI is InChI=1S/C17H22N2O3/c20-16(10-15-6-9-22-13-15)19-8-7-18(17(21)12-19)11-14-4-2-1-3-5-14/h1-5,15H,6-13H2. The van der Waals surface area contributed by atoms with Gasteiger partial charge in [0.25, 0.3) is 0 Å². The lowest BCUT2D eigenvalue weighted by molar-refractivity contribution is -0.146. The van der Waals surface area contributed by atoms with Gasteiger partial charge in [-0.3, -0.25) is 9.59 Å². The van der Waals surface area contributed by atoms with Gasteiger partial charge in [-0.05, 0) is 17.9 Å². The Morgan fingerprint density at radius 1 is 1.23 bits per heavy atom. The molecular weight excluding hydrogens is 280 g/mol. The van der Waals surface area contributed by atoms with E-state index in [1.807, 2.05) is 35.2 Å². The first-order valence-electron chi connectivity index (χ1n) is 7.89. The van der Waals surface area contributed by atoms with Gasteiger partial charge in [0, 0.05) is 39.3 Å². The van der Waals surface area contributed by atoms with E-state index in [4.69, 9.17) is 4.74 Å². The van der Waals surface area contributed by atoms with E-state index in [2.05, 4.69) is 0 Å². The van der Waals surface area contributed by atoms with E-state index in [9.17, 15) is 9.59 Å². The monoisotopic (exact) mass is 302 g/mol. The average Bonchev–Trinajstić information content (AvgIpc) is 3.03. The van der Waals surface area contributed by atoms with Crippen molar-refractivity contribution in [3.8, 4) is 0 Å². The second-order valence-corrected chi connectivity index (χ2v) is 6.05. The number of rotatable bonds is 4. The number of hydrogen-bond donors (Lipinski definition) is 0. The van der Waals surface area contributed by atoms with Crippen molar-refractivity contribution in [2.45, 2.75) is 19.4 Å². The summed E-state index contributed by atoms with van der Waals surface area (Å²) in [5.74, 6) is 0.444. The second kappa shape index (κ2) is 6.92. The summed E-state index contributed by atoms with van der Waals surface area (Å²) >= 11 is 0. The summed E-state index contributed by atoms with van der Waals surface area (Å²) in [6.07, 6.45) is 1.46. The van der Waals surface area contributed by atoms with Gasteiger partial charge < -0.3 is 14.5 Å². The molecule has 1 unspecified atom stereocenters. The number of hydrogen-bond acceptors (Lipinski definition) is 3. The van der Waals surface area contributed by atoms with Gasteiger partial charge in [0.05, 0.1) is 6.54 Å². The van der Waals surface area contributed by atoms with Crippen LogP contribution in [0, 0.1) is 5.92 Å². The third-order valence-electron chi connectivity index (χ3n) is 4.37. The minimum atomic E-state index is 0.0334. The molecule has 0 radical (unpaired) electrons. The molecule has 1 aromatic carbocycles. The molecule has 22 heavy (non-hydrogen) atoms. The molecular formula is C17H22N2O3. The van der Waals surface area contributed by atoms with Crippen LogP contribution in [-0.4, -0.2) is 54.5 Å². The van der Waals surface area contributed by atoms with Crippen molar-refractivity contribution < 1.29 is 14.3 Å². The van der Waals surface area contributed by atoms with Crippen LogP contribution in [0.15, 0.2) is 30.3 Å². The number of carbonyl (C=O) groups is 2. The van der Waals surface area contributed by atoms with E-state index in [1.54, 1.807) is 4.90 Å². The minimum absolute atomic E-state index is 0.0334. The molecule has 0 aliphatic carbocycles. The Labute approximate surface area is 130 Å². The molecule has 0 spiro atoms. The summed E-state index contributed by atoms with van der Waals surface area (Å²) in [7, 11) is 0. The first-order chi connectivity index (χ1) is 10.7. The number of ether oxygens (including phenoxy) is 1. The van der Waals surface area contributed by atoms with Crippen LogP contribution >= 0.6 is 0 Å². The zero-order chi connectivity index (χ0) is 15.4. The van der Waals surface area contributed by atoms with Crippen LogP contribution in [0.1, 0.15) is 18.4 Å². The van der Waals surface area contributed by atoms with Crippen LogP contribution in [-0.2, 0) is 20.9 Å². The topological polar surface area (TPSA) is 49.9 Å². The van der Waals surface area contributed by atoms with E-state index in [0.717, 1.165) is 18.6 Å². The predicted octanol–water partition coefficient (Wildman–Crippen LogP) is 1.28. The number of carbonyl (C=O) groups excluding carboxylic acids is 2. The quantitative estimate of drug-likeness (QED) is 0.842. The Morgan fingerprint density at radius 3 is 2.73 bits per heavy atom. The molecule has 2 heterocycles. The van der Waals surface area contributed by atoms with Crippen LogP contribution in [0.2, 0.25) is 0 Å². The SMILES string of the molecule is O=C(CC1CCOC1)N1CCN(Cc2ccccc2)C(=O)C1. The van der Waals surface area contributed by atoms with Crippen molar-refractivity contribution in [1.29, 1.82) is 0 Å². The fourth-order valence-corrected chi connectivity index (χ4v) is 3.01. The van der Waals surface area contributed by atoms with Gasteiger partial charge in [-0.2, -0.15) is 0 Å². The number of piperazine rings is 1. The highest BCUT2D eigenvalue weighted by atomic mass is 16.5. The van der Waals surface area contributed by atoms with Crippen LogP contribution in [0.3, 0.4) is 0 Å². The maximum atomic E-state index is 12.3. The van der Waals surface area contributed by atoms with Gasteiger partial charge in [0.15, 0.2) is 0 Å². The fraction of sp³-hybridized carbons (Fsp3) is 0.529. The van der Waals surface area contributed by atoms with Gasteiger partial charge in [0.1, 0.15) is 0 Å². The largest absolute Gasteiger partial charge is 0.381 e. The highest BCUT2D eigenvalue weighted by Gasteiger charge is 2.29. The second-order valence-electron chi connectivity index (χ2n) is 6.05. The van der Waals surface area contributed by atoms with Crippen molar-refractivity contribution in [2.24, 2.45) is 5.92 Å². The number of benzene rings is 1. The molecule has 2 aliphatic heterocycles. The Bertz CT molecular complexity index is 526. The smallest absolute Gasteiger partial charge is 0.242 e. The van der Waals surface area contributed by atoms with Crippen molar-refractivity contribution >= 4 is 11.8 Å². The normalized spacial score (nSPS) is 22.2. The summed E-state index contributed by atoms with van der Waals surface area (Å²) in [6.45, 7) is 3.50. The Morgan fingerprint density at radius 2 is 2.05 bits per heavy atom. The maximum absolute atomic E-state index is 12.3. The van der Waals surface area contributed by atoms with Crippen molar-refractivity contribution in [2.75, 3.05) is 32.8 Å². The van der Waals surface area contributed by atoms with Crippen LogP contribution < -0.4 is 0 Å². The third-order valence-corrected chi connectivity index (χ3v) is 4.37. The van der Waals surface area contributed by atoms with Crippen molar-refractivity contribution in [3.05, 3.63) is 35.9 Å². The molecule has 3 rings (SSSR count). The van der Waals surface area contributed by atoms with Crippen LogP contribution in [0.5, 0.6) is 0 Å². The summed E-state index contributed by atoms with van der Waals surface area (Å²) in [5.41, 5.74) is 1.12. The predicted molar refractivity (Wildman–Crippen MR) is 82.0 cm³/mol. The molecule has 0 aromatic heterocycles. The molecule has 0 bridgehead atoms. The molecule has 2 fully saturated rings. The molecule has 5 nitrogen and oxygen atoms in total. The lowest BCUT2D eigenvalue weighted by Gasteiger charge is -2.34. The molecule has 118 valence electrons. The van der Waals surface area contributed by atoms with E-state index in [-0.39, 0.29) is 18.4 Å². The first-order valence-corrected chi connectivity index (χ1v) is 7.89. The van der Waals surface area contributed by atoms with Gasteiger partial charge in [-0.15, -0.1) is 0 Å². The molecule has 1 aromatic rings. The molecule has 1 atom stereocenters. The van der Waals surface area contributed by atoms with E-state index in [1.165, 1.54) is 0 Å². The Balaban J connectivity index is 1.51. The van der Waals surface area contributed by atoms with Crippen LogP contribution in [0.25, 0.3) is 0 Å². The maximum Gasteiger partial charge on any atom is 0.242 e. The molecule has 2 saturated heterocycles. The lowest BCUT2D eigenvalue weighted by atomic mass is 10.0. The lowest BCUT2D eigenvalue weighted by Crippen LogP contribution is -2.52. The van der Waals surface area contributed by atoms with Crippen molar-refractivity contribution in [3.63, 3.8) is 0 Å². The first kappa shape index (κ1) is 15.0. The van der Waals surface area contributed by atoms with E-state index in [0.29, 0.717) is 38.6 Å². The zero-order valence-corrected chi connectivity index (χ0v) is 12.7. The molecule has 2 amide bonds. The minimum Gasteiger partial charge on any atom is -0.381 e. The molecule has 0 saturated carbocycles. The van der Waals surface area contributed by atoms with Gasteiger partial charge in [0.2, 0.25) is 11.8 Å². The van der Waals surface area contributed by atoms with Gasteiger partial charge in [-0.1, -0.05) is 30.3 Å². The summed E-state index contributed by atoms with van der Waals surface area (Å²) in [6, 6.07) is 9.96. The molecule has 2 aliphatic rings. The fourth-order valence-electron chi connectivity index (χ4n) is 3.01. The summed E-state index contributed by atoms with van der Waals surface area (Å²) in [5, 5.41) is 0. The number of nitrogens with zero attached hydrogens (tertiary/aromatic N) is 2. The zero-order valence-electron chi connectivity index (χ0n) is 12.7. The van der Waals surface area contributed by atoms with Crippen molar-refractivity contribution in [1.82, 2.24) is 9.80 Å². The highest BCUT2D eigenvalue weighted by Crippen LogP contribution is 2.18. The average molecular weight is 302 g/mol. The number of amides is 2. The van der Waals surface area contributed by atoms with Crippen LogP contribution in [0.4, 0.5) is 0 Å². The van der Waals surface area contributed by atoms with E-state index >= 15 is 0 Å². The highest BCUT2D eigenvalue weighted by molar-refractivity contribution is 5.86. The molecule has 5 heteroatoms. The molecule has 0 N–H and O–H groups in total. The summed E-state index contributed by atoms with van der Waals surface area (Å²) in [4.78, 5) is 28.1. The van der Waals surface area contributed by atoms with Gasteiger partial charge in [-0.25, -0.2) is 0 Å². The van der Waals surface area contributed by atoms with E-state index < -0.39 is 0 Å². The summed E-state index contributed by atoms with van der Waals surface area (Å²) < 4.78 is 5.30. The Kier molecular flexibility index (Phi) is 4.73. The Hall–Kier alpha value is -1.88.